The van der Waals surface area contributed by atoms with Gasteiger partial charge in [-0.3, -0.25) is 0 Å². The van der Waals surface area contributed by atoms with Crippen LogP contribution >= 0.6 is 48.9 Å². The average molecular weight is 1610 g/mol. The van der Waals surface area contributed by atoms with Crippen LogP contribution in [-0.2, 0) is 84.3 Å². The van der Waals surface area contributed by atoms with Crippen molar-refractivity contribution in [3.63, 3.8) is 0 Å². The Labute approximate surface area is 430 Å². The number of amidine groups is 4. The first kappa shape index (κ1) is 62.9. The normalized spacial score (nSPS) is 10.1. The van der Waals surface area contributed by atoms with E-state index in [0.29, 0.717) is 23.3 Å². The molecule has 0 aliphatic carbocycles. The molecule has 0 bridgehead atoms. The smallest absolute Gasteiger partial charge is 0.696 e. The van der Waals surface area contributed by atoms with Crippen molar-refractivity contribution in [2.75, 3.05) is 28.2 Å². The fourth-order valence-corrected chi connectivity index (χ4v) is 3.40. The Morgan fingerprint density at radius 1 is 0.333 bits per heavy atom. The molecule has 328 valence electrons. The fraction of sp³-hybridized carbons (Fsp3) is 0.111. The van der Waals surface area contributed by atoms with Crippen LogP contribution in [0.1, 0.15) is 22.3 Å². The van der Waals surface area contributed by atoms with Gasteiger partial charge in [-0.25, -0.2) is 0 Å². The van der Waals surface area contributed by atoms with Crippen LogP contribution < -0.4 is 22.9 Å². The van der Waals surface area contributed by atoms with E-state index in [0.717, 1.165) is 22.3 Å². The molecule has 8 N–H and O–H groups in total. The Bertz CT molecular complexity index is 1630. The summed E-state index contributed by atoms with van der Waals surface area (Å²) in [6, 6.07) is 37.4. The molecule has 0 aliphatic heterocycles. The first-order chi connectivity index (χ1) is 26.9. The van der Waals surface area contributed by atoms with Crippen molar-refractivity contribution in [1.82, 2.24) is 0 Å². The molecule has 60 heavy (non-hydrogen) atoms. The van der Waals surface area contributed by atoms with Gasteiger partial charge in [0.15, 0.2) is 0 Å². The van der Waals surface area contributed by atoms with E-state index < -0.39 is 0 Å². The second-order valence-corrected chi connectivity index (χ2v) is 11.3. The van der Waals surface area contributed by atoms with Crippen molar-refractivity contribution in [3.8, 4) is 0 Å². The molecule has 0 spiro atoms. The van der Waals surface area contributed by atoms with Gasteiger partial charge in [0.1, 0.15) is 23.3 Å². The summed E-state index contributed by atoms with van der Waals surface area (Å²) in [4.78, 5) is 0. The molecule has 0 fully saturated rings. The number of benzene rings is 4. The van der Waals surface area contributed by atoms with E-state index in [9.17, 15) is 0 Å². The molecule has 0 amide bonds. The van der Waals surface area contributed by atoms with Gasteiger partial charge in [-0.15, -0.1) is 77.1 Å². The van der Waals surface area contributed by atoms with Crippen molar-refractivity contribution < 1.29 is 84.3 Å². The number of hydrogen-bond donors (Lipinski definition) is 4. The van der Waals surface area contributed by atoms with E-state index in [1.165, 1.54) is 0 Å². The number of nitrogens with zero attached hydrogens (tertiary/aromatic N) is 12. The van der Waals surface area contributed by atoms with Crippen molar-refractivity contribution in [2.45, 2.75) is 0 Å². The molecule has 0 atom stereocenters. The van der Waals surface area contributed by atoms with Crippen molar-refractivity contribution in [1.29, 1.82) is 0 Å². The molecule has 4 aromatic rings. The first-order valence-corrected chi connectivity index (χ1v) is 17.5. The zero-order valence-electron chi connectivity index (χ0n) is 32.1. The second kappa shape index (κ2) is 39.4. The zero-order valence-corrected chi connectivity index (χ0v) is 44.5. The molecule has 0 aliphatic rings. The summed E-state index contributed by atoms with van der Waals surface area (Å²) in [7, 11) is 6.22. The van der Waals surface area contributed by atoms with Gasteiger partial charge in [0.25, 0.3) is 0 Å². The van der Waals surface area contributed by atoms with Crippen molar-refractivity contribution in [3.05, 3.63) is 187 Å². The monoisotopic (exact) mass is 1600 g/mol. The van der Waals surface area contributed by atoms with Gasteiger partial charge in [-0.1, -0.05) is 121 Å². The minimum absolute atomic E-state index is 0. The van der Waals surface area contributed by atoms with Crippen molar-refractivity contribution >= 4 is 92.7 Å². The predicted molar refractivity (Wildman–Crippen MR) is 250 cm³/mol. The van der Waals surface area contributed by atoms with Gasteiger partial charge in [0, 0.05) is 22.3 Å². The molecule has 0 saturated carbocycles. The van der Waals surface area contributed by atoms with Crippen LogP contribution in [0.3, 0.4) is 0 Å². The average Bonchev–Trinajstić information content (AvgIpc) is 3.26. The quantitative estimate of drug-likeness (QED) is 0.0582. The van der Waals surface area contributed by atoms with E-state index in [2.05, 4.69) is 63.4 Å². The Hall–Kier alpha value is -3.73. The van der Waals surface area contributed by atoms with Gasteiger partial charge in [-0.2, -0.15) is 20.4 Å². The summed E-state index contributed by atoms with van der Waals surface area (Å²) >= 11 is 18.9. The van der Waals surface area contributed by atoms with E-state index in [-0.39, 0.29) is 105 Å². The SMILES string of the molecule is C[N-]C(=S)[N-]/N=C(\N)c1ccccc1.C[N-]C(=S)[N-]/N=C(\N)c1ccccc1.C[N-]C(=S)[N-]/N=C(\N)c1ccccc1.C[N-]C(=S)[N-]/N=C(\N)c1ccccc1.[Pt+2].[Pt+2].[Pt+2].[Pt+2]. The summed E-state index contributed by atoms with van der Waals surface area (Å²) in [6.07, 6.45) is 0. The number of thiocarbonyl (C=S) groups is 4. The molecular formula is C36H40N16Pt4S4. The zero-order chi connectivity index (χ0) is 41.6. The third-order valence-corrected chi connectivity index (χ3v) is 7.07. The Morgan fingerprint density at radius 2 is 0.483 bits per heavy atom. The number of rotatable bonds is 8. The maximum absolute atomic E-state index is 5.65. The van der Waals surface area contributed by atoms with Gasteiger partial charge < -0.3 is 86.3 Å². The van der Waals surface area contributed by atoms with E-state index in [1.54, 1.807) is 28.2 Å². The van der Waals surface area contributed by atoms with Gasteiger partial charge in [0.05, 0.1) is 0 Å². The van der Waals surface area contributed by atoms with Gasteiger partial charge in [-0.05, 0) is 0 Å². The van der Waals surface area contributed by atoms with Crippen LogP contribution in [0.4, 0.5) is 0 Å². The molecule has 24 heteroatoms. The van der Waals surface area contributed by atoms with E-state index >= 15 is 0 Å². The summed E-state index contributed by atoms with van der Waals surface area (Å²) in [5.74, 6) is 1.32. The van der Waals surface area contributed by atoms with Crippen LogP contribution in [0.25, 0.3) is 43.0 Å². The maximum atomic E-state index is 5.65. The van der Waals surface area contributed by atoms with Crippen molar-refractivity contribution in [2.24, 2.45) is 43.3 Å². The summed E-state index contributed by atoms with van der Waals surface area (Å²) in [5.41, 5.74) is 40.5. The largest absolute Gasteiger partial charge is 2.00 e. The molecule has 0 aromatic heterocycles. The summed E-state index contributed by atoms with van der Waals surface area (Å²) in [6.45, 7) is 0. The molecule has 0 heterocycles. The minimum atomic E-state index is 0. The second-order valence-electron chi connectivity index (χ2n) is 9.83. The maximum Gasteiger partial charge on any atom is 2.00 e. The number of nitrogens with two attached hydrogens (primary N) is 4. The minimum Gasteiger partial charge on any atom is -0.696 e. The topological polar surface area (TPSA) is 266 Å². The van der Waals surface area contributed by atoms with Crippen LogP contribution in [0, 0.1) is 0 Å². The Kier molecular flexibility index (Phi) is 41.3. The third-order valence-electron chi connectivity index (χ3n) is 6.02. The van der Waals surface area contributed by atoms with Crippen LogP contribution in [0.15, 0.2) is 142 Å². The molecule has 4 rings (SSSR count). The third kappa shape index (κ3) is 29.5. The Balaban J connectivity index is -0.000000341. The predicted octanol–water partition coefficient (Wildman–Crippen LogP) is 7.87. The summed E-state index contributed by atoms with van der Waals surface area (Å²) < 4.78 is 0. The van der Waals surface area contributed by atoms with E-state index in [4.69, 9.17) is 71.8 Å². The van der Waals surface area contributed by atoms with Gasteiger partial charge in [0.2, 0.25) is 0 Å². The standard InChI is InChI=1S/4C9H11N4S.4Pt/c4*1-11-9(14)13-12-8(10)7-5-3-2-4-6-7;;;;/h4*2-6H,1H3,(H3-,10,11,12,13,14);;;;/q4*-1;4*+2/p-4. The molecule has 4 aromatic carbocycles. The molecule has 0 radical (unpaired) electrons. The molecule has 16 nitrogen and oxygen atoms in total. The van der Waals surface area contributed by atoms with Crippen LogP contribution in [-0.4, -0.2) is 72.0 Å². The first-order valence-electron chi connectivity index (χ1n) is 15.9. The molecular weight excluding hydrogens is 1570 g/mol. The van der Waals surface area contributed by atoms with Crippen LogP contribution in [0.2, 0.25) is 0 Å². The summed E-state index contributed by atoms with van der Waals surface area (Å²) in [5, 5.41) is 30.4. The number of hydrogen-bond acceptors (Lipinski definition) is 8. The fourth-order valence-electron chi connectivity index (χ4n) is 3.23. The van der Waals surface area contributed by atoms with Gasteiger partial charge >= 0.3 is 84.3 Å². The molecule has 0 saturated heterocycles. The van der Waals surface area contributed by atoms with E-state index in [1.807, 2.05) is 121 Å². The Morgan fingerprint density at radius 3 is 0.617 bits per heavy atom. The molecule has 0 unspecified atom stereocenters. The van der Waals surface area contributed by atoms with Crippen LogP contribution in [0.5, 0.6) is 0 Å².